The maximum absolute atomic E-state index is 13.7. The van der Waals surface area contributed by atoms with Crippen LogP contribution in [0, 0.1) is 5.82 Å². The van der Waals surface area contributed by atoms with Gasteiger partial charge in [-0.15, -0.1) is 0 Å². The third-order valence-corrected chi connectivity index (χ3v) is 5.56. The maximum Gasteiger partial charge on any atom is 0.263 e. The van der Waals surface area contributed by atoms with E-state index in [1.165, 1.54) is 18.3 Å². The number of anilines is 3. The van der Waals surface area contributed by atoms with E-state index in [0.29, 0.717) is 11.4 Å². The molecule has 1 aromatic heterocycles. The molecule has 0 radical (unpaired) electrons. The molecule has 2 aromatic carbocycles. The lowest BCUT2D eigenvalue weighted by molar-refractivity contribution is 0.587. The molecule has 28 heavy (non-hydrogen) atoms. The highest BCUT2D eigenvalue weighted by Crippen LogP contribution is 2.24. The van der Waals surface area contributed by atoms with Crippen LogP contribution < -0.4 is 10.0 Å². The van der Waals surface area contributed by atoms with Crippen molar-refractivity contribution in [3.8, 4) is 0 Å². The number of nitrogens with one attached hydrogen (secondary N) is 2. The summed E-state index contributed by atoms with van der Waals surface area (Å²) < 4.78 is 41.3. The Morgan fingerprint density at radius 3 is 2.18 bits per heavy atom. The summed E-state index contributed by atoms with van der Waals surface area (Å²) in [7, 11) is -3.75. The Kier molecular flexibility index (Phi) is 5.38. The number of benzene rings is 2. The van der Waals surface area contributed by atoms with E-state index in [-0.39, 0.29) is 21.9 Å². The molecule has 3 aromatic rings. The molecule has 2 N–H and O–H groups in total. The van der Waals surface area contributed by atoms with Crippen molar-refractivity contribution in [2.45, 2.75) is 31.1 Å². The van der Waals surface area contributed by atoms with E-state index < -0.39 is 10.0 Å². The largest absolute Gasteiger partial charge is 0.352 e. The van der Waals surface area contributed by atoms with Crippen LogP contribution >= 0.6 is 0 Å². The highest BCUT2D eigenvalue weighted by atomic mass is 32.2. The van der Waals surface area contributed by atoms with Gasteiger partial charge < -0.3 is 5.32 Å². The number of hydrogen-bond donors (Lipinski definition) is 2. The Morgan fingerprint density at radius 1 is 0.929 bits per heavy atom. The van der Waals surface area contributed by atoms with Crippen LogP contribution in [-0.2, 0) is 15.4 Å². The number of nitrogens with zero attached hydrogens (tertiary/aromatic N) is 1. The second-order valence-electron chi connectivity index (χ2n) is 7.42. The molecule has 7 heteroatoms. The fourth-order valence-electron chi connectivity index (χ4n) is 2.58. The van der Waals surface area contributed by atoms with Gasteiger partial charge >= 0.3 is 0 Å². The van der Waals surface area contributed by atoms with Crippen LogP contribution in [0.3, 0.4) is 0 Å². The molecule has 0 unspecified atom stereocenters. The second kappa shape index (κ2) is 7.59. The number of para-hydroxylation sites is 1. The van der Waals surface area contributed by atoms with Crippen molar-refractivity contribution in [3.63, 3.8) is 0 Å². The van der Waals surface area contributed by atoms with Crippen LogP contribution in [0.1, 0.15) is 26.3 Å². The monoisotopic (exact) mass is 399 g/mol. The van der Waals surface area contributed by atoms with Crippen molar-refractivity contribution < 1.29 is 12.8 Å². The smallest absolute Gasteiger partial charge is 0.263 e. The lowest BCUT2D eigenvalue weighted by atomic mass is 9.87. The molecular formula is C21H22FN3O2S. The summed E-state index contributed by atoms with van der Waals surface area (Å²) in [6.45, 7) is 6.20. The predicted molar refractivity (Wildman–Crippen MR) is 110 cm³/mol. The Bertz CT molecular complexity index is 1060. The Hall–Kier alpha value is -2.93. The Morgan fingerprint density at radius 2 is 1.61 bits per heavy atom. The molecule has 0 bridgehead atoms. The van der Waals surface area contributed by atoms with E-state index in [2.05, 4.69) is 35.8 Å². The van der Waals surface area contributed by atoms with Gasteiger partial charge in [-0.25, -0.2) is 17.8 Å². The van der Waals surface area contributed by atoms with E-state index in [0.717, 1.165) is 5.56 Å². The summed E-state index contributed by atoms with van der Waals surface area (Å²) in [4.78, 5) is 4.26. The van der Waals surface area contributed by atoms with Gasteiger partial charge in [0.1, 0.15) is 11.6 Å². The SMILES string of the molecule is CC(C)(C)c1ccc(S(=O)(=O)Nc2ccc(Nc3ccccc3F)cn2)cc1. The topological polar surface area (TPSA) is 71.1 Å². The number of halogens is 1. The lowest BCUT2D eigenvalue weighted by Crippen LogP contribution is -2.15. The van der Waals surface area contributed by atoms with Crippen molar-refractivity contribution in [2.24, 2.45) is 0 Å². The minimum atomic E-state index is -3.75. The number of aromatic nitrogens is 1. The summed E-state index contributed by atoms with van der Waals surface area (Å²) in [5, 5.41) is 2.90. The normalized spacial score (nSPS) is 11.9. The zero-order chi connectivity index (χ0) is 20.4. The average molecular weight is 399 g/mol. The lowest BCUT2D eigenvalue weighted by Gasteiger charge is -2.19. The Balaban J connectivity index is 1.73. The molecule has 0 saturated carbocycles. The van der Waals surface area contributed by atoms with Crippen molar-refractivity contribution in [1.29, 1.82) is 0 Å². The third kappa shape index (κ3) is 4.67. The van der Waals surface area contributed by atoms with E-state index in [1.807, 2.05) is 12.1 Å². The number of rotatable bonds is 5. The molecule has 146 valence electrons. The molecule has 3 rings (SSSR count). The van der Waals surface area contributed by atoms with Crippen LogP contribution in [0.25, 0.3) is 0 Å². The summed E-state index contributed by atoms with van der Waals surface area (Å²) in [5.41, 5.74) is 1.85. The molecule has 5 nitrogen and oxygen atoms in total. The second-order valence-corrected chi connectivity index (χ2v) is 9.10. The van der Waals surface area contributed by atoms with Gasteiger partial charge in [-0.3, -0.25) is 4.72 Å². The first-order valence-electron chi connectivity index (χ1n) is 8.76. The van der Waals surface area contributed by atoms with E-state index >= 15 is 0 Å². The van der Waals surface area contributed by atoms with Crippen molar-refractivity contribution in [3.05, 3.63) is 78.2 Å². The summed E-state index contributed by atoms with van der Waals surface area (Å²) >= 11 is 0. The molecule has 0 atom stereocenters. The van der Waals surface area contributed by atoms with Crippen molar-refractivity contribution in [1.82, 2.24) is 4.98 Å². The van der Waals surface area contributed by atoms with Crippen molar-refractivity contribution >= 4 is 27.2 Å². The highest BCUT2D eigenvalue weighted by molar-refractivity contribution is 7.92. The van der Waals surface area contributed by atoms with Crippen LogP contribution in [0.4, 0.5) is 21.6 Å². The van der Waals surface area contributed by atoms with Gasteiger partial charge in [-0.2, -0.15) is 0 Å². The van der Waals surface area contributed by atoms with E-state index in [9.17, 15) is 12.8 Å². The third-order valence-electron chi connectivity index (χ3n) is 4.19. The molecule has 0 aliphatic rings. The van der Waals surface area contributed by atoms with Gasteiger partial charge in [0.15, 0.2) is 0 Å². The van der Waals surface area contributed by atoms with E-state index in [4.69, 9.17) is 0 Å². The van der Waals surface area contributed by atoms with Gasteiger partial charge in [0.2, 0.25) is 0 Å². The molecule has 0 fully saturated rings. The Labute approximate surface area is 164 Å². The molecule has 0 saturated heterocycles. The first-order valence-corrected chi connectivity index (χ1v) is 10.2. The van der Waals surface area contributed by atoms with Gasteiger partial charge in [-0.1, -0.05) is 45.0 Å². The molecule has 0 spiro atoms. The fraction of sp³-hybridized carbons (Fsp3) is 0.190. The van der Waals surface area contributed by atoms with Crippen LogP contribution in [-0.4, -0.2) is 13.4 Å². The first-order chi connectivity index (χ1) is 13.1. The number of pyridine rings is 1. The van der Waals surface area contributed by atoms with Gasteiger partial charge in [-0.05, 0) is 47.4 Å². The number of sulfonamides is 1. The zero-order valence-electron chi connectivity index (χ0n) is 15.9. The van der Waals surface area contributed by atoms with E-state index in [1.54, 1.807) is 36.4 Å². The maximum atomic E-state index is 13.7. The summed E-state index contributed by atoms with van der Waals surface area (Å²) in [5.74, 6) is -0.204. The summed E-state index contributed by atoms with van der Waals surface area (Å²) in [6, 6.07) is 16.2. The minimum Gasteiger partial charge on any atom is -0.352 e. The first kappa shape index (κ1) is 19.8. The standard InChI is InChI=1S/C21H22FN3O2S/c1-21(2,3)15-8-11-17(12-9-15)28(26,27)25-20-13-10-16(14-23-20)24-19-7-5-4-6-18(19)22/h4-14,24H,1-3H3,(H,23,25). The van der Waals surface area contributed by atoms with Gasteiger partial charge in [0.05, 0.1) is 22.5 Å². The van der Waals surface area contributed by atoms with Crippen molar-refractivity contribution in [2.75, 3.05) is 10.0 Å². The molecule has 0 amide bonds. The fourth-order valence-corrected chi connectivity index (χ4v) is 3.59. The number of hydrogen-bond acceptors (Lipinski definition) is 4. The van der Waals surface area contributed by atoms with Crippen LogP contribution in [0.2, 0.25) is 0 Å². The average Bonchev–Trinajstić information content (AvgIpc) is 2.64. The van der Waals surface area contributed by atoms with Gasteiger partial charge in [0.25, 0.3) is 10.0 Å². The molecule has 0 aliphatic carbocycles. The summed E-state index contributed by atoms with van der Waals surface area (Å²) in [6.07, 6.45) is 1.44. The quantitative estimate of drug-likeness (QED) is 0.629. The molecule has 1 heterocycles. The highest BCUT2D eigenvalue weighted by Gasteiger charge is 2.18. The van der Waals surface area contributed by atoms with Crippen LogP contribution in [0.15, 0.2) is 71.8 Å². The molecule has 0 aliphatic heterocycles. The molecular weight excluding hydrogens is 377 g/mol. The minimum absolute atomic E-state index is 0.0572. The zero-order valence-corrected chi connectivity index (χ0v) is 16.7. The predicted octanol–water partition coefficient (Wildman–Crippen LogP) is 5.06. The van der Waals surface area contributed by atoms with Gasteiger partial charge in [0, 0.05) is 0 Å². The van der Waals surface area contributed by atoms with Crippen LogP contribution in [0.5, 0.6) is 0 Å².